The lowest BCUT2D eigenvalue weighted by molar-refractivity contribution is -0.140. The van der Waals surface area contributed by atoms with E-state index in [1.54, 1.807) is 31.2 Å². The summed E-state index contributed by atoms with van der Waals surface area (Å²) >= 11 is 16.4. The number of benzene rings is 3. The molecule has 5 rings (SSSR count). The molecule has 240 valence electrons. The molecule has 1 aromatic heterocycles. The Morgan fingerprint density at radius 3 is 2.43 bits per heavy atom. The van der Waals surface area contributed by atoms with Crippen LogP contribution in [0.25, 0.3) is 6.08 Å². The number of hydrogen-bond donors (Lipinski definition) is 0. The maximum atomic E-state index is 14.4. The van der Waals surface area contributed by atoms with Crippen molar-refractivity contribution in [1.82, 2.24) is 4.57 Å². The third kappa shape index (κ3) is 7.20. The summed E-state index contributed by atoms with van der Waals surface area (Å²) in [4.78, 5) is 30.5. The minimum atomic E-state index is -5.01. The van der Waals surface area contributed by atoms with Gasteiger partial charge in [-0.1, -0.05) is 58.8 Å². The second-order valence-electron chi connectivity index (χ2n) is 9.80. The first-order valence-electron chi connectivity index (χ1n) is 13.8. The number of alkyl halides is 3. The number of esters is 1. The molecule has 0 bridgehead atoms. The van der Waals surface area contributed by atoms with E-state index in [1.165, 1.54) is 37.3 Å². The van der Waals surface area contributed by atoms with Crippen molar-refractivity contribution < 1.29 is 32.2 Å². The molecule has 3 aromatic carbocycles. The van der Waals surface area contributed by atoms with Crippen LogP contribution in [0.2, 0.25) is 10.0 Å². The van der Waals surface area contributed by atoms with Gasteiger partial charge < -0.3 is 14.2 Å². The van der Waals surface area contributed by atoms with Gasteiger partial charge in [-0.05, 0) is 88.9 Å². The largest absolute Gasteiger partial charge is 0.490 e. The van der Waals surface area contributed by atoms with Crippen LogP contribution in [0.1, 0.15) is 36.6 Å². The monoisotopic (exact) mass is 754 g/mol. The molecule has 0 fully saturated rings. The Morgan fingerprint density at radius 2 is 1.78 bits per heavy atom. The van der Waals surface area contributed by atoms with Crippen molar-refractivity contribution in [3.8, 4) is 11.5 Å². The minimum absolute atomic E-state index is 0.0753. The topological polar surface area (TPSA) is 79.1 Å². The molecule has 4 aromatic rings. The van der Waals surface area contributed by atoms with Crippen molar-refractivity contribution in [3.05, 3.63) is 123 Å². The van der Waals surface area contributed by atoms with Crippen molar-refractivity contribution in [2.24, 2.45) is 4.99 Å². The number of allylic oxidation sites excluding steroid dienone is 1. The van der Waals surface area contributed by atoms with Gasteiger partial charge in [0.15, 0.2) is 22.0 Å². The van der Waals surface area contributed by atoms with Crippen LogP contribution in [0.15, 0.2) is 86.2 Å². The molecule has 0 amide bonds. The molecule has 1 aliphatic heterocycles. The number of halogens is 6. The van der Waals surface area contributed by atoms with Crippen molar-refractivity contribution in [3.63, 3.8) is 0 Å². The van der Waals surface area contributed by atoms with Gasteiger partial charge in [0.05, 0.1) is 33.8 Å². The smallest absolute Gasteiger partial charge is 0.434 e. The van der Waals surface area contributed by atoms with E-state index in [9.17, 15) is 22.8 Å². The van der Waals surface area contributed by atoms with E-state index < -0.39 is 35.0 Å². The van der Waals surface area contributed by atoms with Crippen molar-refractivity contribution >= 4 is 62.5 Å². The molecule has 7 nitrogen and oxygen atoms in total. The molecule has 2 heterocycles. The highest BCUT2D eigenvalue weighted by Gasteiger charge is 2.45. The number of ether oxygens (including phenoxy) is 3. The van der Waals surface area contributed by atoms with Gasteiger partial charge in [0.2, 0.25) is 0 Å². The average molecular weight is 756 g/mol. The Labute approximate surface area is 283 Å². The summed E-state index contributed by atoms with van der Waals surface area (Å²) < 4.78 is 61.7. The molecule has 0 saturated carbocycles. The summed E-state index contributed by atoms with van der Waals surface area (Å²) in [6.45, 7) is 3.60. The van der Waals surface area contributed by atoms with E-state index in [2.05, 4.69) is 20.9 Å². The van der Waals surface area contributed by atoms with E-state index in [4.69, 9.17) is 37.4 Å². The highest BCUT2D eigenvalue weighted by molar-refractivity contribution is 9.10. The molecule has 0 saturated heterocycles. The van der Waals surface area contributed by atoms with Gasteiger partial charge in [0, 0.05) is 10.0 Å². The first-order valence-corrected chi connectivity index (χ1v) is 16.2. The Hall–Kier alpha value is -3.58. The van der Waals surface area contributed by atoms with Crippen LogP contribution >= 0.6 is 50.5 Å². The lowest BCUT2D eigenvalue weighted by atomic mass is 9.95. The number of nitrogens with zero attached hydrogens (tertiary/aromatic N) is 2. The fraction of sp³-hybridized carbons (Fsp3) is 0.219. The Balaban J connectivity index is 1.65. The van der Waals surface area contributed by atoms with Gasteiger partial charge in [-0.25, -0.2) is 9.79 Å². The third-order valence-electron chi connectivity index (χ3n) is 6.68. The molecule has 0 unspecified atom stereocenters. The van der Waals surface area contributed by atoms with E-state index in [0.29, 0.717) is 38.2 Å². The number of carbonyl (C=O) groups excluding carboxylic acids is 1. The van der Waals surface area contributed by atoms with Crippen LogP contribution in [0.3, 0.4) is 0 Å². The van der Waals surface area contributed by atoms with Crippen molar-refractivity contribution in [2.75, 3.05) is 13.2 Å². The van der Waals surface area contributed by atoms with E-state index in [-0.39, 0.29) is 28.1 Å². The predicted molar refractivity (Wildman–Crippen MR) is 173 cm³/mol. The third-order valence-corrected chi connectivity index (χ3v) is 8.74. The Morgan fingerprint density at radius 1 is 1.04 bits per heavy atom. The number of thiazole rings is 1. The van der Waals surface area contributed by atoms with Crippen LogP contribution in [0, 0.1) is 0 Å². The van der Waals surface area contributed by atoms with Crippen LogP contribution in [-0.2, 0) is 16.1 Å². The highest BCUT2D eigenvalue weighted by atomic mass is 79.9. The maximum Gasteiger partial charge on any atom is 0.434 e. The fourth-order valence-electron chi connectivity index (χ4n) is 4.81. The number of hydrogen-bond acceptors (Lipinski definition) is 7. The summed E-state index contributed by atoms with van der Waals surface area (Å²) in [5.41, 5.74) is -1.32. The number of fused-ring (bicyclic) bond motifs is 1. The second-order valence-corrected chi connectivity index (χ2v) is 12.5. The van der Waals surface area contributed by atoms with E-state index in [1.807, 2.05) is 12.1 Å². The SMILES string of the molecule is CCOC(=O)C1=C(C(F)(F)F)N=c2s/c(=C\c3cc(Br)c(OCc4cccc(Cl)c4)c(OCC)c3)c(=O)n2[C@H]1c1ccc(Cl)cc1. The first-order chi connectivity index (χ1) is 21.9. The fourth-order valence-corrected chi connectivity index (χ4v) is 6.72. The second kappa shape index (κ2) is 14.0. The Kier molecular flexibility index (Phi) is 10.3. The van der Waals surface area contributed by atoms with Crippen LogP contribution in [-0.4, -0.2) is 29.9 Å². The lowest BCUT2D eigenvalue weighted by Gasteiger charge is -2.26. The number of aromatic nitrogens is 1. The molecule has 46 heavy (non-hydrogen) atoms. The quantitative estimate of drug-likeness (QED) is 0.167. The standard InChI is InChI=1S/C32H24BrCl2F3N2O5S/c1-3-43-23-14-18(13-22(33)27(23)45-16-17-6-5-7-21(35)12-17)15-24-29(41)40-26(19-8-10-20(34)11-9-19)25(30(42)44-4-2)28(32(36,37)38)39-31(40)46-24/h5-15,26H,3-4,16H2,1-2H3/b24-15-/t26-/m0/s1. The normalized spacial score (nSPS) is 15.0. The molecular weight excluding hydrogens is 732 g/mol. The zero-order chi connectivity index (χ0) is 33.2. The zero-order valence-electron chi connectivity index (χ0n) is 24.2. The summed E-state index contributed by atoms with van der Waals surface area (Å²) in [5, 5.41) is 0.890. The highest BCUT2D eigenvalue weighted by Crippen LogP contribution is 2.39. The molecule has 1 aliphatic rings. The number of carbonyl (C=O) groups is 1. The van der Waals surface area contributed by atoms with Gasteiger partial charge in [-0.3, -0.25) is 9.36 Å². The lowest BCUT2D eigenvalue weighted by Crippen LogP contribution is -2.41. The van der Waals surface area contributed by atoms with Crippen LogP contribution < -0.4 is 24.4 Å². The number of rotatable bonds is 9. The molecular formula is C32H24BrCl2F3N2O5S. The summed E-state index contributed by atoms with van der Waals surface area (Å²) in [5.74, 6) is -0.440. The molecule has 0 spiro atoms. The van der Waals surface area contributed by atoms with Gasteiger partial charge in [0.25, 0.3) is 5.56 Å². The van der Waals surface area contributed by atoms with Crippen molar-refractivity contribution in [1.29, 1.82) is 0 Å². The van der Waals surface area contributed by atoms with Gasteiger partial charge in [0.1, 0.15) is 6.61 Å². The molecule has 0 N–H and O–H groups in total. The van der Waals surface area contributed by atoms with E-state index in [0.717, 1.165) is 21.5 Å². The minimum Gasteiger partial charge on any atom is -0.490 e. The van der Waals surface area contributed by atoms with E-state index >= 15 is 0 Å². The van der Waals surface area contributed by atoms with Gasteiger partial charge in [-0.2, -0.15) is 13.2 Å². The summed E-state index contributed by atoms with van der Waals surface area (Å²) in [6, 6.07) is 14.9. The molecule has 0 aliphatic carbocycles. The maximum absolute atomic E-state index is 14.4. The van der Waals surface area contributed by atoms with Crippen molar-refractivity contribution in [2.45, 2.75) is 32.7 Å². The Bertz CT molecular complexity index is 2010. The van der Waals surface area contributed by atoms with Crippen LogP contribution in [0.4, 0.5) is 13.2 Å². The molecule has 0 radical (unpaired) electrons. The average Bonchev–Trinajstić information content (AvgIpc) is 3.30. The zero-order valence-corrected chi connectivity index (χ0v) is 28.1. The predicted octanol–water partition coefficient (Wildman–Crippen LogP) is 7.39. The molecule has 1 atom stereocenters. The van der Waals surface area contributed by atoms with Gasteiger partial charge in [-0.15, -0.1) is 0 Å². The first kappa shape index (κ1) is 33.8. The van der Waals surface area contributed by atoms with Crippen LogP contribution in [0.5, 0.6) is 11.5 Å². The summed E-state index contributed by atoms with van der Waals surface area (Å²) in [7, 11) is 0. The molecule has 14 heteroatoms. The summed E-state index contributed by atoms with van der Waals surface area (Å²) in [6.07, 6.45) is -3.50. The van der Waals surface area contributed by atoms with Gasteiger partial charge >= 0.3 is 12.1 Å².